The van der Waals surface area contributed by atoms with Crippen LogP contribution in [0.25, 0.3) is 0 Å². The molecule has 0 saturated heterocycles. The number of nitriles is 1. The van der Waals surface area contributed by atoms with Gasteiger partial charge in [0.15, 0.2) is 0 Å². The maximum Gasteiger partial charge on any atom is 0.419 e. The SMILES string of the molecule is Cn1ccc2c1NC(C#N)(c1ccc(F)c(C(F)(F)F)c1)N=C2. The Bertz CT molecular complexity index is 844. The number of hydrogen-bond acceptors (Lipinski definition) is 3. The highest BCUT2D eigenvalue weighted by molar-refractivity contribution is 5.90. The van der Waals surface area contributed by atoms with Gasteiger partial charge in [0.1, 0.15) is 17.7 Å². The van der Waals surface area contributed by atoms with E-state index < -0.39 is 23.2 Å². The van der Waals surface area contributed by atoms with Crippen LogP contribution in [0.2, 0.25) is 0 Å². The van der Waals surface area contributed by atoms with Crippen LogP contribution in [0.5, 0.6) is 0 Å². The molecule has 2 heterocycles. The summed E-state index contributed by atoms with van der Waals surface area (Å²) in [7, 11) is 1.72. The van der Waals surface area contributed by atoms with Crippen molar-refractivity contribution in [3.8, 4) is 6.07 Å². The van der Waals surface area contributed by atoms with Gasteiger partial charge in [-0.05, 0) is 18.2 Å². The van der Waals surface area contributed by atoms with Crippen LogP contribution in [0.4, 0.5) is 23.4 Å². The molecule has 0 fully saturated rings. The van der Waals surface area contributed by atoms with Crippen molar-refractivity contribution < 1.29 is 17.6 Å². The molecule has 1 aliphatic rings. The number of rotatable bonds is 1. The second kappa shape index (κ2) is 4.84. The molecule has 1 atom stereocenters. The number of hydrogen-bond donors (Lipinski definition) is 1. The first-order valence-corrected chi connectivity index (χ1v) is 6.54. The van der Waals surface area contributed by atoms with E-state index in [4.69, 9.17) is 0 Å². The van der Waals surface area contributed by atoms with E-state index in [-0.39, 0.29) is 5.56 Å². The molecule has 0 spiro atoms. The van der Waals surface area contributed by atoms with Crippen molar-refractivity contribution in [1.82, 2.24) is 4.57 Å². The molecule has 1 N–H and O–H groups in total. The van der Waals surface area contributed by atoms with Crippen molar-refractivity contribution in [2.24, 2.45) is 12.0 Å². The van der Waals surface area contributed by atoms with E-state index in [9.17, 15) is 22.8 Å². The smallest absolute Gasteiger partial charge is 0.337 e. The molecule has 0 radical (unpaired) electrons. The summed E-state index contributed by atoms with van der Waals surface area (Å²) in [5, 5.41) is 12.3. The van der Waals surface area contributed by atoms with Gasteiger partial charge in [0.05, 0.1) is 5.56 Å². The normalized spacial score (nSPS) is 19.8. The number of aryl methyl sites for hydroxylation is 1. The van der Waals surface area contributed by atoms with Crippen molar-refractivity contribution >= 4 is 12.0 Å². The third-order valence-electron chi connectivity index (χ3n) is 3.65. The molecule has 1 aliphatic heterocycles. The molecular formula is C15H10F4N4. The minimum Gasteiger partial charge on any atom is -0.337 e. The first-order valence-electron chi connectivity index (χ1n) is 6.54. The van der Waals surface area contributed by atoms with Crippen molar-refractivity contribution in [2.45, 2.75) is 11.8 Å². The van der Waals surface area contributed by atoms with Crippen LogP contribution in [0.15, 0.2) is 35.5 Å². The Labute approximate surface area is 128 Å². The van der Waals surface area contributed by atoms with Crippen molar-refractivity contribution in [3.05, 3.63) is 53.0 Å². The molecule has 4 nitrogen and oxygen atoms in total. The first-order chi connectivity index (χ1) is 10.8. The Kier molecular flexibility index (Phi) is 3.18. The average Bonchev–Trinajstić information content (AvgIpc) is 2.87. The van der Waals surface area contributed by atoms with Gasteiger partial charge < -0.3 is 9.88 Å². The highest BCUT2D eigenvalue weighted by Crippen LogP contribution is 2.37. The zero-order chi connectivity index (χ0) is 16.8. The van der Waals surface area contributed by atoms with E-state index in [2.05, 4.69) is 10.3 Å². The monoisotopic (exact) mass is 322 g/mol. The zero-order valence-electron chi connectivity index (χ0n) is 11.8. The lowest BCUT2D eigenvalue weighted by Gasteiger charge is -2.29. The highest BCUT2D eigenvalue weighted by atomic mass is 19.4. The van der Waals surface area contributed by atoms with Gasteiger partial charge in [0.2, 0.25) is 5.66 Å². The van der Waals surface area contributed by atoms with Crippen LogP contribution in [0, 0.1) is 17.1 Å². The van der Waals surface area contributed by atoms with Gasteiger partial charge in [-0.15, -0.1) is 0 Å². The van der Waals surface area contributed by atoms with Crippen LogP contribution in [0.1, 0.15) is 16.7 Å². The van der Waals surface area contributed by atoms with E-state index in [1.54, 1.807) is 23.9 Å². The minimum absolute atomic E-state index is 0.0863. The van der Waals surface area contributed by atoms with Gasteiger partial charge in [-0.2, -0.15) is 18.4 Å². The fourth-order valence-corrected chi connectivity index (χ4v) is 2.42. The number of nitrogens with zero attached hydrogens (tertiary/aromatic N) is 3. The van der Waals surface area contributed by atoms with E-state index >= 15 is 0 Å². The molecule has 1 aromatic carbocycles. The second-order valence-electron chi connectivity index (χ2n) is 5.13. The van der Waals surface area contributed by atoms with Crippen LogP contribution in [-0.4, -0.2) is 10.8 Å². The Morgan fingerprint density at radius 3 is 2.70 bits per heavy atom. The van der Waals surface area contributed by atoms with Gasteiger partial charge in [0, 0.05) is 30.6 Å². The summed E-state index contributed by atoms with van der Waals surface area (Å²) in [6, 6.07) is 6.04. The number of nitrogens with one attached hydrogen (secondary N) is 1. The van der Waals surface area contributed by atoms with Crippen LogP contribution in [-0.2, 0) is 18.9 Å². The third kappa shape index (κ3) is 2.34. The minimum atomic E-state index is -4.86. The zero-order valence-corrected chi connectivity index (χ0v) is 11.8. The van der Waals surface area contributed by atoms with Gasteiger partial charge in [-0.3, -0.25) is 0 Å². The molecule has 0 amide bonds. The van der Waals surface area contributed by atoms with Gasteiger partial charge in [-0.25, -0.2) is 9.38 Å². The van der Waals surface area contributed by atoms with Crippen LogP contribution in [0.3, 0.4) is 0 Å². The van der Waals surface area contributed by atoms with Gasteiger partial charge in [-0.1, -0.05) is 6.07 Å². The highest BCUT2D eigenvalue weighted by Gasteiger charge is 2.40. The van der Waals surface area contributed by atoms with E-state index in [1.165, 1.54) is 6.21 Å². The maximum atomic E-state index is 13.4. The van der Waals surface area contributed by atoms with Crippen LogP contribution < -0.4 is 5.32 Å². The second-order valence-corrected chi connectivity index (χ2v) is 5.13. The molecule has 0 bridgehead atoms. The van der Waals surface area contributed by atoms with Gasteiger partial charge >= 0.3 is 6.18 Å². The molecule has 2 aromatic rings. The lowest BCUT2D eigenvalue weighted by Crippen LogP contribution is -2.35. The fourth-order valence-electron chi connectivity index (χ4n) is 2.42. The summed E-state index contributed by atoms with van der Waals surface area (Å²) in [5.74, 6) is -0.854. The Morgan fingerprint density at radius 1 is 1.30 bits per heavy atom. The summed E-state index contributed by atoms with van der Waals surface area (Å²) >= 11 is 0. The molecule has 23 heavy (non-hydrogen) atoms. The summed E-state index contributed by atoms with van der Waals surface area (Å²) in [5.41, 5.74) is -2.56. The fraction of sp³-hybridized carbons (Fsp3) is 0.200. The predicted octanol–water partition coefficient (Wildman–Crippen LogP) is 3.40. The third-order valence-corrected chi connectivity index (χ3v) is 3.65. The molecule has 0 saturated carbocycles. The van der Waals surface area contributed by atoms with Crippen LogP contribution >= 0.6 is 0 Å². The molecule has 118 valence electrons. The summed E-state index contributed by atoms with van der Waals surface area (Å²) in [4.78, 5) is 4.06. The standard InChI is InChI=1S/C15H10F4N4/c1-23-5-4-9-7-21-14(8-20,22-13(9)23)10-2-3-12(16)11(6-10)15(17,18)19/h2-7,22H,1H3. The predicted molar refractivity (Wildman–Crippen MR) is 75.3 cm³/mol. The largest absolute Gasteiger partial charge is 0.419 e. The quantitative estimate of drug-likeness (QED) is 0.818. The van der Waals surface area contributed by atoms with Crippen molar-refractivity contribution in [3.63, 3.8) is 0 Å². The molecule has 1 aromatic heterocycles. The number of anilines is 1. The number of alkyl halides is 3. The number of benzene rings is 1. The summed E-state index contributed by atoms with van der Waals surface area (Å²) < 4.78 is 53.8. The van der Waals surface area contributed by atoms with Gasteiger partial charge in [0.25, 0.3) is 0 Å². The number of aliphatic imine (C=N–C) groups is 1. The summed E-state index contributed by atoms with van der Waals surface area (Å²) in [6.45, 7) is 0. The Morgan fingerprint density at radius 2 is 2.04 bits per heavy atom. The topological polar surface area (TPSA) is 53.1 Å². The number of halogens is 4. The van der Waals surface area contributed by atoms with E-state index in [0.717, 1.165) is 6.07 Å². The van der Waals surface area contributed by atoms with Crippen molar-refractivity contribution in [2.75, 3.05) is 5.32 Å². The lowest BCUT2D eigenvalue weighted by atomic mass is 9.97. The average molecular weight is 322 g/mol. The lowest BCUT2D eigenvalue weighted by molar-refractivity contribution is -0.140. The molecule has 8 heteroatoms. The molecule has 1 unspecified atom stereocenters. The Balaban J connectivity index is 2.14. The summed E-state index contributed by atoms with van der Waals surface area (Å²) in [6.07, 6.45) is -1.72. The van der Waals surface area contributed by atoms with Crippen molar-refractivity contribution in [1.29, 1.82) is 5.26 Å². The number of aromatic nitrogens is 1. The molecular weight excluding hydrogens is 312 g/mol. The van der Waals surface area contributed by atoms with E-state index in [0.29, 0.717) is 23.5 Å². The molecule has 3 rings (SSSR count). The molecule has 0 aliphatic carbocycles. The Hall–Kier alpha value is -2.82. The number of fused-ring (bicyclic) bond motifs is 1. The maximum absolute atomic E-state index is 13.4. The van der Waals surface area contributed by atoms with E-state index in [1.807, 2.05) is 6.07 Å². The first kappa shape index (κ1) is 15.1.